The van der Waals surface area contributed by atoms with Gasteiger partial charge in [-0.15, -0.1) is 0 Å². The van der Waals surface area contributed by atoms with Crippen LogP contribution < -0.4 is 14.8 Å². The Bertz CT molecular complexity index is 482. The van der Waals surface area contributed by atoms with E-state index in [4.69, 9.17) is 9.47 Å². The van der Waals surface area contributed by atoms with E-state index in [1.54, 1.807) is 0 Å². The van der Waals surface area contributed by atoms with Crippen LogP contribution in [0.5, 0.6) is 11.5 Å². The topological polar surface area (TPSA) is 30.5 Å². The molecule has 110 valence electrons. The lowest BCUT2D eigenvalue weighted by Gasteiger charge is -2.30. The summed E-state index contributed by atoms with van der Waals surface area (Å²) in [7, 11) is 0. The second kappa shape index (κ2) is 5.07. The SMILES string of the molecule is FC(F)(F)C1CCC(Nc2ccc3c(c2)OCO3)CC1. The lowest BCUT2D eigenvalue weighted by atomic mass is 9.85. The summed E-state index contributed by atoms with van der Waals surface area (Å²) in [5.41, 5.74) is 0.865. The third-order valence-corrected chi connectivity index (χ3v) is 3.93. The van der Waals surface area contributed by atoms with E-state index in [9.17, 15) is 13.2 Å². The first-order valence-electron chi connectivity index (χ1n) is 6.75. The van der Waals surface area contributed by atoms with E-state index in [0.717, 1.165) is 5.69 Å². The Morgan fingerprint density at radius 2 is 1.70 bits per heavy atom. The maximum atomic E-state index is 12.6. The van der Waals surface area contributed by atoms with Crippen LogP contribution in [0.2, 0.25) is 0 Å². The fraction of sp³-hybridized carbons (Fsp3) is 0.571. The zero-order chi connectivity index (χ0) is 14.2. The molecule has 2 aliphatic rings. The van der Waals surface area contributed by atoms with Gasteiger partial charge in [-0.3, -0.25) is 0 Å². The summed E-state index contributed by atoms with van der Waals surface area (Å²) in [6.45, 7) is 0.218. The maximum Gasteiger partial charge on any atom is 0.391 e. The van der Waals surface area contributed by atoms with Crippen molar-refractivity contribution < 1.29 is 22.6 Å². The third-order valence-electron chi connectivity index (χ3n) is 3.93. The number of ether oxygens (including phenoxy) is 2. The molecule has 0 amide bonds. The Morgan fingerprint density at radius 3 is 2.40 bits per heavy atom. The maximum absolute atomic E-state index is 12.6. The Morgan fingerprint density at radius 1 is 1.00 bits per heavy atom. The highest BCUT2D eigenvalue weighted by molar-refractivity contribution is 5.56. The molecule has 1 saturated carbocycles. The summed E-state index contributed by atoms with van der Waals surface area (Å²) in [5.74, 6) is 0.243. The van der Waals surface area contributed by atoms with E-state index in [1.165, 1.54) is 0 Å². The molecule has 6 heteroatoms. The number of halogens is 3. The first-order chi connectivity index (χ1) is 9.52. The molecule has 0 unspecified atom stereocenters. The van der Waals surface area contributed by atoms with E-state index in [-0.39, 0.29) is 25.7 Å². The number of fused-ring (bicyclic) bond motifs is 1. The number of nitrogens with one attached hydrogen (secondary N) is 1. The molecule has 3 nitrogen and oxygen atoms in total. The van der Waals surface area contributed by atoms with Crippen molar-refractivity contribution in [3.63, 3.8) is 0 Å². The Hall–Kier alpha value is -1.59. The standard InChI is InChI=1S/C14H16F3NO2/c15-14(16,17)9-1-3-10(4-2-9)18-11-5-6-12-13(7-11)20-8-19-12/h5-7,9-10,18H,1-4,8H2. The van der Waals surface area contributed by atoms with Gasteiger partial charge >= 0.3 is 6.18 Å². The molecule has 0 radical (unpaired) electrons. The van der Waals surface area contributed by atoms with E-state index < -0.39 is 12.1 Å². The number of anilines is 1. The summed E-state index contributed by atoms with van der Waals surface area (Å²) in [5, 5.41) is 3.28. The predicted octanol–water partition coefficient (Wildman–Crippen LogP) is 3.95. The molecule has 0 spiro atoms. The molecule has 20 heavy (non-hydrogen) atoms. The van der Waals surface area contributed by atoms with Gasteiger partial charge in [-0.2, -0.15) is 13.2 Å². The van der Waals surface area contributed by atoms with Gasteiger partial charge in [0.15, 0.2) is 11.5 Å². The smallest absolute Gasteiger partial charge is 0.391 e. The number of hydrogen-bond donors (Lipinski definition) is 1. The molecule has 1 aliphatic carbocycles. The number of alkyl halides is 3. The van der Waals surface area contributed by atoms with Crippen molar-refractivity contribution in [3.8, 4) is 11.5 Å². The van der Waals surface area contributed by atoms with Gasteiger partial charge in [0.25, 0.3) is 0 Å². The number of rotatable bonds is 2. The van der Waals surface area contributed by atoms with Crippen molar-refractivity contribution in [1.82, 2.24) is 0 Å². The molecule has 0 atom stereocenters. The lowest BCUT2D eigenvalue weighted by Crippen LogP contribution is -2.32. The molecule has 1 fully saturated rings. The second-order valence-corrected chi connectivity index (χ2v) is 5.30. The van der Waals surface area contributed by atoms with E-state index in [1.807, 2.05) is 18.2 Å². The molecule has 0 bridgehead atoms. The molecule has 3 rings (SSSR count). The van der Waals surface area contributed by atoms with Gasteiger partial charge in [-0.05, 0) is 37.8 Å². The summed E-state index contributed by atoms with van der Waals surface area (Å²) < 4.78 is 48.3. The molecular weight excluding hydrogens is 271 g/mol. The Kier molecular flexibility index (Phi) is 3.40. The molecule has 0 aromatic heterocycles. The van der Waals surface area contributed by atoms with Crippen LogP contribution in [0.25, 0.3) is 0 Å². The molecule has 1 aromatic carbocycles. The van der Waals surface area contributed by atoms with Crippen LogP contribution in [0, 0.1) is 5.92 Å². The van der Waals surface area contributed by atoms with Gasteiger partial charge in [-0.25, -0.2) is 0 Å². The zero-order valence-corrected chi connectivity index (χ0v) is 10.9. The van der Waals surface area contributed by atoms with Crippen molar-refractivity contribution in [1.29, 1.82) is 0 Å². The van der Waals surface area contributed by atoms with Crippen LogP contribution in [-0.2, 0) is 0 Å². The summed E-state index contributed by atoms with van der Waals surface area (Å²) in [6.07, 6.45) is -2.57. The Balaban J connectivity index is 1.57. The minimum atomic E-state index is -4.05. The zero-order valence-electron chi connectivity index (χ0n) is 10.9. The van der Waals surface area contributed by atoms with Crippen molar-refractivity contribution in [2.24, 2.45) is 5.92 Å². The van der Waals surface area contributed by atoms with Gasteiger partial charge < -0.3 is 14.8 Å². The highest BCUT2D eigenvalue weighted by atomic mass is 19.4. The minimum absolute atomic E-state index is 0.0916. The monoisotopic (exact) mass is 287 g/mol. The van der Waals surface area contributed by atoms with E-state index in [2.05, 4.69) is 5.32 Å². The summed E-state index contributed by atoms with van der Waals surface area (Å²) >= 11 is 0. The lowest BCUT2D eigenvalue weighted by molar-refractivity contribution is -0.182. The molecule has 1 aliphatic heterocycles. The highest BCUT2D eigenvalue weighted by Gasteiger charge is 2.41. The average Bonchev–Trinajstić information content (AvgIpc) is 2.86. The van der Waals surface area contributed by atoms with Crippen LogP contribution in [-0.4, -0.2) is 19.0 Å². The molecule has 1 aromatic rings. The van der Waals surface area contributed by atoms with Crippen LogP contribution in [0.1, 0.15) is 25.7 Å². The normalized spacial score (nSPS) is 25.6. The van der Waals surface area contributed by atoms with Crippen molar-refractivity contribution >= 4 is 5.69 Å². The second-order valence-electron chi connectivity index (χ2n) is 5.30. The highest BCUT2D eigenvalue weighted by Crippen LogP contribution is 2.39. The van der Waals surface area contributed by atoms with Gasteiger partial charge in [0.1, 0.15) is 0 Å². The van der Waals surface area contributed by atoms with Crippen LogP contribution in [0.4, 0.5) is 18.9 Å². The van der Waals surface area contributed by atoms with Gasteiger partial charge in [0.2, 0.25) is 6.79 Å². The molecule has 1 N–H and O–H groups in total. The number of benzene rings is 1. The molecule has 1 heterocycles. The minimum Gasteiger partial charge on any atom is -0.454 e. The van der Waals surface area contributed by atoms with Crippen molar-refractivity contribution in [3.05, 3.63) is 18.2 Å². The largest absolute Gasteiger partial charge is 0.454 e. The fourth-order valence-corrected chi connectivity index (χ4v) is 2.79. The average molecular weight is 287 g/mol. The first-order valence-corrected chi connectivity index (χ1v) is 6.75. The predicted molar refractivity (Wildman–Crippen MR) is 68.0 cm³/mol. The van der Waals surface area contributed by atoms with Crippen LogP contribution in [0.3, 0.4) is 0 Å². The molecule has 0 saturated heterocycles. The quantitative estimate of drug-likeness (QED) is 0.893. The van der Waals surface area contributed by atoms with Crippen LogP contribution >= 0.6 is 0 Å². The van der Waals surface area contributed by atoms with Crippen LogP contribution in [0.15, 0.2) is 18.2 Å². The van der Waals surface area contributed by atoms with E-state index in [0.29, 0.717) is 24.3 Å². The van der Waals surface area contributed by atoms with Crippen molar-refractivity contribution in [2.45, 2.75) is 37.9 Å². The van der Waals surface area contributed by atoms with Crippen molar-refractivity contribution in [2.75, 3.05) is 12.1 Å². The van der Waals surface area contributed by atoms with E-state index >= 15 is 0 Å². The fourth-order valence-electron chi connectivity index (χ4n) is 2.79. The first kappa shape index (κ1) is 13.4. The van der Waals surface area contributed by atoms with Gasteiger partial charge in [0.05, 0.1) is 5.92 Å². The third kappa shape index (κ3) is 2.78. The Labute approximate surface area is 115 Å². The summed E-state index contributed by atoms with van der Waals surface area (Å²) in [6, 6.07) is 5.60. The van der Waals surface area contributed by atoms with Gasteiger partial charge in [0, 0.05) is 17.8 Å². The molecular formula is C14H16F3NO2. The van der Waals surface area contributed by atoms with Gasteiger partial charge in [-0.1, -0.05) is 0 Å². The number of hydrogen-bond acceptors (Lipinski definition) is 3. The summed E-state index contributed by atoms with van der Waals surface area (Å²) in [4.78, 5) is 0.